The molecule has 0 spiro atoms. The van der Waals surface area contributed by atoms with Gasteiger partial charge in [0.25, 0.3) is 0 Å². The van der Waals surface area contributed by atoms with E-state index in [4.69, 9.17) is 13.9 Å². The second kappa shape index (κ2) is 10.2. The van der Waals surface area contributed by atoms with E-state index >= 15 is 0 Å². The number of benzene rings is 3. The maximum atomic E-state index is 13.9. The summed E-state index contributed by atoms with van der Waals surface area (Å²) < 4.78 is 30.3. The Bertz CT molecular complexity index is 1360. The van der Waals surface area contributed by atoms with Crippen molar-refractivity contribution in [3.63, 3.8) is 0 Å². The Hall–Kier alpha value is -3.84. The van der Waals surface area contributed by atoms with E-state index in [2.05, 4.69) is 21.9 Å². The molecule has 2 heterocycles. The number of methoxy groups -OCH3 is 1. The number of hydrogen-bond donors (Lipinski definition) is 0. The van der Waals surface area contributed by atoms with Crippen molar-refractivity contribution in [2.45, 2.75) is 13.2 Å². The third kappa shape index (κ3) is 5.30. The second-order valence-corrected chi connectivity index (χ2v) is 8.59. The maximum absolute atomic E-state index is 13.9. The van der Waals surface area contributed by atoms with Gasteiger partial charge in [-0.05, 0) is 48.0 Å². The first-order valence-corrected chi connectivity index (χ1v) is 11.6. The molecule has 180 valence electrons. The lowest BCUT2D eigenvalue weighted by atomic mass is 10.1. The molecule has 0 saturated carbocycles. The Morgan fingerprint density at radius 3 is 2.37 bits per heavy atom. The Kier molecular flexibility index (Phi) is 6.68. The lowest BCUT2D eigenvalue weighted by molar-refractivity contribution is 0.250. The molecule has 3 aromatic carbocycles. The molecule has 0 radical (unpaired) electrons. The van der Waals surface area contributed by atoms with Gasteiger partial charge in [0, 0.05) is 61.5 Å². The monoisotopic (exact) mass is 474 g/mol. The summed E-state index contributed by atoms with van der Waals surface area (Å²) in [7, 11) is 1.67. The summed E-state index contributed by atoms with van der Waals surface area (Å²) in [5.74, 6) is 1.06. The topological polar surface area (TPSA) is 55.2 Å². The average Bonchev–Trinajstić information content (AvgIpc) is 2.88. The van der Waals surface area contributed by atoms with Crippen LogP contribution in [0.4, 0.5) is 10.1 Å². The first-order chi connectivity index (χ1) is 17.1. The number of piperazine rings is 1. The number of halogens is 1. The predicted octanol–water partition coefficient (Wildman–Crippen LogP) is 4.84. The van der Waals surface area contributed by atoms with E-state index in [9.17, 15) is 9.18 Å². The van der Waals surface area contributed by atoms with Gasteiger partial charge in [-0.3, -0.25) is 4.90 Å². The van der Waals surface area contributed by atoms with E-state index < -0.39 is 5.63 Å². The van der Waals surface area contributed by atoms with E-state index in [1.54, 1.807) is 37.4 Å². The van der Waals surface area contributed by atoms with Crippen LogP contribution in [-0.4, -0.2) is 38.2 Å². The number of fused-ring (bicyclic) bond motifs is 1. The highest BCUT2D eigenvalue weighted by Gasteiger charge is 2.19. The van der Waals surface area contributed by atoms with E-state index in [1.807, 2.05) is 24.3 Å². The predicted molar refractivity (Wildman–Crippen MR) is 134 cm³/mol. The number of hydrogen-bond acceptors (Lipinski definition) is 6. The Morgan fingerprint density at radius 2 is 1.63 bits per heavy atom. The summed E-state index contributed by atoms with van der Waals surface area (Å²) >= 11 is 0. The summed E-state index contributed by atoms with van der Waals surface area (Å²) in [4.78, 5) is 17.0. The Morgan fingerprint density at radius 1 is 0.886 bits per heavy atom. The van der Waals surface area contributed by atoms with Gasteiger partial charge in [0.15, 0.2) is 0 Å². The fourth-order valence-corrected chi connectivity index (χ4v) is 4.41. The summed E-state index contributed by atoms with van der Waals surface area (Å²) in [5, 5.41) is 0.875. The molecule has 0 bridgehead atoms. The van der Waals surface area contributed by atoms with Gasteiger partial charge < -0.3 is 18.8 Å². The van der Waals surface area contributed by atoms with Crippen molar-refractivity contribution in [1.29, 1.82) is 0 Å². The fourth-order valence-electron chi connectivity index (χ4n) is 4.41. The molecule has 0 amide bonds. The minimum absolute atomic E-state index is 0.0978. The zero-order valence-electron chi connectivity index (χ0n) is 19.6. The normalized spacial score (nSPS) is 14.3. The molecule has 5 rings (SSSR count). The first-order valence-electron chi connectivity index (χ1n) is 11.6. The molecular weight excluding hydrogens is 447 g/mol. The van der Waals surface area contributed by atoms with Gasteiger partial charge in [0.05, 0.1) is 7.11 Å². The van der Waals surface area contributed by atoms with Gasteiger partial charge in [0.1, 0.15) is 29.5 Å². The lowest BCUT2D eigenvalue weighted by Gasteiger charge is -2.36. The Labute approximate surface area is 203 Å². The minimum atomic E-state index is -0.393. The van der Waals surface area contributed by atoms with Gasteiger partial charge in [-0.25, -0.2) is 9.18 Å². The fraction of sp³-hybridized carbons (Fsp3) is 0.250. The molecule has 7 heteroatoms. The molecule has 35 heavy (non-hydrogen) atoms. The van der Waals surface area contributed by atoms with Gasteiger partial charge in [0.2, 0.25) is 0 Å². The molecule has 1 fully saturated rings. The molecule has 1 aromatic heterocycles. The third-order valence-corrected chi connectivity index (χ3v) is 6.36. The third-order valence-electron chi connectivity index (χ3n) is 6.36. The van der Waals surface area contributed by atoms with Crippen LogP contribution in [0.2, 0.25) is 0 Å². The van der Waals surface area contributed by atoms with Crippen molar-refractivity contribution < 1.29 is 18.3 Å². The zero-order chi connectivity index (χ0) is 24.2. The van der Waals surface area contributed by atoms with Crippen LogP contribution < -0.4 is 20.0 Å². The smallest absolute Gasteiger partial charge is 0.336 e. The second-order valence-electron chi connectivity index (χ2n) is 8.59. The summed E-state index contributed by atoms with van der Waals surface area (Å²) in [6, 6.07) is 21.6. The molecule has 6 nitrogen and oxygen atoms in total. The number of anilines is 1. The van der Waals surface area contributed by atoms with Crippen molar-refractivity contribution >= 4 is 16.7 Å². The number of ether oxygens (including phenoxy) is 2. The minimum Gasteiger partial charge on any atom is -0.497 e. The number of nitrogens with zero attached hydrogens (tertiary/aromatic N) is 2. The van der Waals surface area contributed by atoms with Gasteiger partial charge in [-0.1, -0.05) is 18.2 Å². The summed E-state index contributed by atoms with van der Waals surface area (Å²) in [6.07, 6.45) is 0. The van der Waals surface area contributed by atoms with Crippen LogP contribution in [-0.2, 0) is 13.2 Å². The number of rotatable bonds is 7. The molecule has 1 saturated heterocycles. The quantitative estimate of drug-likeness (QED) is 0.357. The van der Waals surface area contributed by atoms with Crippen molar-refractivity contribution in [3.8, 4) is 11.5 Å². The molecule has 0 aliphatic carbocycles. The van der Waals surface area contributed by atoms with E-state index in [-0.39, 0.29) is 12.4 Å². The largest absolute Gasteiger partial charge is 0.497 e. The zero-order valence-corrected chi connectivity index (χ0v) is 19.6. The summed E-state index contributed by atoms with van der Waals surface area (Å²) in [6.45, 7) is 4.34. The molecule has 0 atom stereocenters. The van der Waals surface area contributed by atoms with Crippen LogP contribution in [0, 0.1) is 5.82 Å². The highest BCUT2D eigenvalue weighted by atomic mass is 19.1. The molecule has 0 unspecified atom stereocenters. The molecule has 1 aliphatic rings. The van der Waals surface area contributed by atoms with Crippen molar-refractivity contribution in [2.24, 2.45) is 0 Å². The van der Waals surface area contributed by atoms with Crippen LogP contribution >= 0.6 is 0 Å². The van der Waals surface area contributed by atoms with Crippen LogP contribution in [0.25, 0.3) is 11.0 Å². The molecular formula is C28H27FN2O4. The maximum Gasteiger partial charge on any atom is 0.336 e. The van der Waals surface area contributed by atoms with Gasteiger partial charge in [-0.15, -0.1) is 0 Å². The Balaban J connectivity index is 1.26. The SMILES string of the molecule is COc1ccc(N2CCN(Cc3cc(=O)oc4cc(OCc5ccccc5F)ccc34)CC2)cc1. The highest BCUT2D eigenvalue weighted by molar-refractivity contribution is 5.81. The lowest BCUT2D eigenvalue weighted by Crippen LogP contribution is -2.46. The average molecular weight is 475 g/mol. The van der Waals surface area contributed by atoms with Crippen LogP contribution in [0.5, 0.6) is 11.5 Å². The first kappa shape index (κ1) is 22.9. The van der Waals surface area contributed by atoms with E-state index in [0.717, 1.165) is 42.9 Å². The van der Waals surface area contributed by atoms with E-state index in [1.165, 1.54) is 11.8 Å². The van der Waals surface area contributed by atoms with Crippen LogP contribution in [0.3, 0.4) is 0 Å². The van der Waals surface area contributed by atoms with Crippen molar-refractivity contribution in [1.82, 2.24) is 4.90 Å². The van der Waals surface area contributed by atoms with Crippen LogP contribution in [0.1, 0.15) is 11.1 Å². The standard InChI is InChI=1S/C28H27FN2O4/c1-33-23-8-6-22(7-9-23)31-14-12-30(13-15-31)18-21-16-28(32)35-27-17-24(10-11-25(21)27)34-19-20-4-2-3-5-26(20)29/h2-11,16-17H,12-15,18-19H2,1H3. The molecule has 0 N–H and O–H groups in total. The molecule has 4 aromatic rings. The van der Waals surface area contributed by atoms with Gasteiger partial charge >= 0.3 is 5.63 Å². The van der Waals surface area contributed by atoms with Gasteiger partial charge in [-0.2, -0.15) is 0 Å². The van der Waals surface area contributed by atoms with Crippen LogP contribution in [0.15, 0.2) is 82.0 Å². The van der Waals surface area contributed by atoms with E-state index in [0.29, 0.717) is 23.4 Å². The summed E-state index contributed by atoms with van der Waals surface area (Å²) in [5.41, 5.74) is 2.65. The van der Waals surface area contributed by atoms with Crippen molar-refractivity contribution in [3.05, 3.63) is 100 Å². The molecule has 1 aliphatic heterocycles. The van der Waals surface area contributed by atoms with Crippen molar-refractivity contribution in [2.75, 3.05) is 38.2 Å². The highest BCUT2D eigenvalue weighted by Crippen LogP contribution is 2.26.